The molecule has 0 aliphatic rings. The van der Waals surface area contributed by atoms with Crippen LogP contribution in [0.1, 0.15) is 40.9 Å². The lowest BCUT2D eigenvalue weighted by atomic mass is 10.1. The van der Waals surface area contributed by atoms with E-state index in [9.17, 15) is 14.9 Å². The molecule has 0 saturated carbocycles. The Hall–Kier alpha value is -3.84. The zero-order valence-electron chi connectivity index (χ0n) is 20.8. The highest BCUT2D eigenvalue weighted by atomic mass is 127. The maximum Gasteiger partial charge on any atom is 0.338 e. The first kappa shape index (κ1) is 27.7. The summed E-state index contributed by atoms with van der Waals surface area (Å²) in [6.07, 6.45) is 1.50. The van der Waals surface area contributed by atoms with Crippen molar-refractivity contribution in [1.29, 1.82) is 5.26 Å². The number of aryl methyl sites for hydroxylation is 1. The van der Waals surface area contributed by atoms with E-state index in [1.807, 2.05) is 50.2 Å². The average Bonchev–Trinajstić information content (AvgIpc) is 2.88. The monoisotopic (exact) mass is 610 g/mol. The van der Waals surface area contributed by atoms with Crippen molar-refractivity contribution >= 4 is 46.2 Å². The smallest absolute Gasteiger partial charge is 0.338 e. The van der Waals surface area contributed by atoms with Gasteiger partial charge >= 0.3 is 5.97 Å². The van der Waals surface area contributed by atoms with Crippen LogP contribution in [0.3, 0.4) is 0 Å². The highest BCUT2D eigenvalue weighted by Gasteiger charge is 2.15. The number of ether oxygens (including phenoxy) is 3. The molecule has 8 heteroatoms. The number of hydrogen-bond donors (Lipinski definition) is 1. The number of amides is 1. The molecular formula is C29H27IN2O5. The van der Waals surface area contributed by atoms with Crippen molar-refractivity contribution in [2.24, 2.45) is 0 Å². The summed E-state index contributed by atoms with van der Waals surface area (Å²) in [6.45, 7) is 6.73. The van der Waals surface area contributed by atoms with Gasteiger partial charge in [-0.15, -0.1) is 0 Å². The van der Waals surface area contributed by atoms with Crippen molar-refractivity contribution in [2.75, 3.05) is 18.5 Å². The predicted octanol–water partition coefficient (Wildman–Crippen LogP) is 6.30. The summed E-state index contributed by atoms with van der Waals surface area (Å²) in [7, 11) is 0. The van der Waals surface area contributed by atoms with E-state index in [1.54, 1.807) is 37.3 Å². The largest absolute Gasteiger partial charge is 0.490 e. The predicted molar refractivity (Wildman–Crippen MR) is 150 cm³/mol. The summed E-state index contributed by atoms with van der Waals surface area (Å²) in [5.41, 5.74) is 3.57. The van der Waals surface area contributed by atoms with Gasteiger partial charge in [-0.05, 0) is 103 Å². The molecule has 3 rings (SSSR count). The molecule has 3 aromatic carbocycles. The fourth-order valence-corrected chi connectivity index (χ4v) is 4.20. The van der Waals surface area contributed by atoms with Crippen molar-refractivity contribution in [2.45, 2.75) is 27.4 Å². The standard InChI is InChI=1S/C29H27IN2O5/c1-4-35-26-16-20(15-25(30)27(26)37-18-22-9-7-6-8-19(22)3)14-23(17-31)28(33)32-24-12-10-21(11-13-24)29(34)36-5-2/h6-16H,4-5,18H2,1-3H3,(H,32,33)/b23-14+. The highest BCUT2D eigenvalue weighted by Crippen LogP contribution is 2.35. The second-order valence-electron chi connectivity index (χ2n) is 7.90. The number of rotatable bonds is 10. The third-order valence-electron chi connectivity index (χ3n) is 5.29. The number of anilines is 1. The van der Waals surface area contributed by atoms with Crippen LogP contribution in [0.2, 0.25) is 0 Å². The minimum absolute atomic E-state index is 0.0821. The van der Waals surface area contributed by atoms with Crippen LogP contribution in [0.25, 0.3) is 6.08 Å². The SMILES string of the molecule is CCOC(=O)c1ccc(NC(=O)/C(C#N)=C/c2cc(I)c(OCc3ccccc3C)c(OCC)c2)cc1. The van der Waals surface area contributed by atoms with Gasteiger partial charge in [-0.1, -0.05) is 24.3 Å². The number of carbonyl (C=O) groups excluding carboxylic acids is 2. The molecule has 0 spiro atoms. The van der Waals surface area contributed by atoms with E-state index in [0.29, 0.717) is 41.5 Å². The average molecular weight is 610 g/mol. The van der Waals surface area contributed by atoms with Gasteiger partial charge in [0, 0.05) is 5.69 Å². The molecule has 0 radical (unpaired) electrons. The van der Waals surface area contributed by atoms with Crippen molar-refractivity contribution in [3.05, 3.63) is 92.1 Å². The molecular weight excluding hydrogens is 583 g/mol. The molecule has 0 aliphatic carbocycles. The Labute approximate surface area is 230 Å². The zero-order chi connectivity index (χ0) is 26.8. The molecule has 0 unspecified atom stereocenters. The van der Waals surface area contributed by atoms with Crippen LogP contribution in [0.15, 0.2) is 66.2 Å². The lowest BCUT2D eigenvalue weighted by molar-refractivity contribution is -0.112. The van der Waals surface area contributed by atoms with Gasteiger partial charge in [-0.25, -0.2) is 4.79 Å². The molecule has 1 amide bonds. The first-order chi connectivity index (χ1) is 17.9. The Kier molecular flexibility index (Phi) is 10.1. The molecule has 0 saturated heterocycles. The van der Waals surface area contributed by atoms with E-state index >= 15 is 0 Å². The van der Waals surface area contributed by atoms with Gasteiger partial charge in [0.25, 0.3) is 5.91 Å². The summed E-state index contributed by atoms with van der Waals surface area (Å²) in [5, 5.41) is 12.3. The van der Waals surface area contributed by atoms with Gasteiger partial charge in [0.05, 0.1) is 22.3 Å². The van der Waals surface area contributed by atoms with Gasteiger partial charge in [-0.3, -0.25) is 4.79 Å². The van der Waals surface area contributed by atoms with Crippen LogP contribution in [-0.4, -0.2) is 25.1 Å². The van der Waals surface area contributed by atoms with Crippen LogP contribution < -0.4 is 14.8 Å². The fourth-order valence-electron chi connectivity index (χ4n) is 3.41. The number of benzene rings is 3. The maximum atomic E-state index is 12.8. The minimum atomic E-state index is -0.570. The number of nitrogens with zero attached hydrogens (tertiary/aromatic N) is 1. The van der Waals surface area contributed by atoms with Gasteiger partial charge in [-0.2, -0.15) is 5.26 Å². The van der Waals surface area contributed by atoms with Crippen LogP contribution >= 0.6 is 22.6 Å². The first-order valence-corrected chi connectivity index (χ1v) is 12.8. The molecule has 3 aromatic rings. The van der Waals surface area contributed by atoms with E-state index in [1.165, 1.54) is 6.08 Å². The van der Waals surface area contributed by atoms with Gasteiger partial charge < -0.3 is 19.5 Å². The van der Waals surface area contributed by atoms with Crippen LogP contribution in [0.5, 0.6) is 11.5 Å². The Bertz CT molecular complexity index is 1340. The molecule has 0 aliphatic heterocycles. The van der Waals surface area contributed by atoms with Crippen LogP contribution in [-0.2, 0) is 16.1 Å². The number of nitrogens with one attached hydrogen (secondary N) is 1. The van der Waals surface area contributed by atoms with Crippen LogP contribution in [0.4, 0.5) is 5.69 Å². The van der Waals surface area contributed by atoms with Crippen LogP contribution in [0, 0.1) is 21.8 Å². The summed E-state index contributed by atoms with van der Waals surface area (Å²) in [6, 6.07) is 19.8. The lowest BCUT2D eigenvalue weighted by Crippen LogP contribution is -2.13. The number of nitriles is 1. The van der Waals surface area contributed by atoms with Crippen molar-refractivity contribution in [1.82, 2.24) is 0 Å². The second kappa shape index (κ2) is 13.5. The molecule has 0 bridgehead atoms. The first-order valence-electron chi connectivity index (χ1n) is 11.7. The van der Waals surface area contributed by atoms with E-state index in [0.717, 1.165) is 14.7 Å². The van der Waals surface area contributed by atoms with E-state index in [-0.39, 0.29) is 12.2 Å². The number of esters is 1. The Morgan fingerprint density at radius 1 is 1.03 bits per heavy atom. The molecule has 1 N–H and O–H groups in total. The van der Waals surface area contributed by atoms with Gasteiger partial charge in [0.2, 0.25) is 0 Å². The minimum Gasteiger partial charge on any atom is -0.490 e. The van der Waals surface area contributed by atoms with E-state index in [4.69, 9.17) is 14.2 Å². The summed E-state index contributed by atoms with van der Waals surface area (Å²) >= 11 is 2.16. The lowest BCUT2D eigenvalue weighted by Gasteiger charge is -2.16. The zero-order valence-corrected chi connectivity index (χ0v) is 23.0. The van der Waals surface area contributed by atoms with Gasteiger partial charge in [0.1, 0.15) is 18.2 Å². The molecule has 0 heterocycles. The van der Waals surface area contributed by atoms with Gasteiger partial charge in [0.15, 0.2) is 11.5 Å². The Morgan fingerprint density at radius 2 is 1.76 bits per heavy atom. The quantitative estimate of drug-likeness (QED) is 0.125. The Balaban J connectivity index is 1.80. The molecule has 190 valence electrons. The molecule has 7 nitrogen and oxygen atoms in total. The Morgan fingerprint density at radius 3 is 2.41 bits per heavy atom. The van der Waals surface area contributed by atoms with Crippen molar-refractivity contribution in [3.63, 3.8) is 0 Å². The molecule has 0 atom stereocenters. The number of halogens is 1. The molecule has 0 aromatic heterocycles. The summed E-state index contributed by atoms with van der Waals surface area (Å²) < 4.78 is 17.7. The highest BCUT2D eigenvalue weighted by molar-refractivity contribution is 14.1. The summed E-state index contributed by atoms with van der Waals surface area (Å²) in [4.78, 5) is 24.6. The van der Waals surface area contributed by atoms with Crippen molar-refractivity contribution < 1.29 is 23.8 Å². The maximum absolute atomic E-state index is 12.8. The second-order valence-corrected chi connectivity index (χ2v) is 9.06. The third kappa shape index (κ3) is 7.57. The third-order valence-corrected chi connectivity index (χ3v) is 6.10. The molecule has 0 fully saturated rings. The fraction of sp³-hybridized carbons (Fsp3) is 0.207. The normalized spacial score (nSPS) is 10.8. The molecule has 37 heavy (non-hydrogen) atoms. The van der Waals surface area contributed by atoms with Crippen molar-refractivity contribution in [3.8, 4) is 17.6 Å². The number of hydrogen-bond acceptors (Lipinski definition) is 6. The number of carbonyl (C=O) groups is 2. The van der Waals surface area contributed by atoms with E-state index in [2.05, 4.69) is 27.9 Å². The summed E-state index contributed by atoms with van der Waals surface area (Å²) in [5.74, 6) is 0.122. The van der Waals surface area contributed by atoms with E-state index < -0.39 is 11.9 Å². The topological polar surface area (TPSA) is 97.7 Å².